The monoisotopic (exact) mass is 409 g/mol. The molecule has 2 atom stereocenters. The quantitative estimate of drug-likeness (QED) is 0.585. The highest BCUT2D eigenvalue weighted by Crippen LogP contribution is 2.51. The molecule has 0 bridgehead atoms. The van der Waals surface area contributed by atoms with Crippen molar-refractivity contribution >= 4 is 17.8 Å². The fourth-order valence-electron chi connectivity index (χ4n) is 4.32. The SMILES string of the molecule is CCOC(=O)C1(C(=O)OCC)C(c2ccccc2)CNC(=O)CC1c1ccccc1. The van der Waals surface area contributed by atoms with E-state index in [2.05, 4.69) is 5.32 Å². The molecule has 158 valence electrons. The van der Waals surface area contributed by atoms with E-state index in [1.165, 1.54) is 0 Å². The number of amides is 1. The average molecular weight is 409 g/mol. The van der Waals surface area contributed by atoms with Crippen molar-refractivity contribution in [1.29, 1.82) is 0 Å². The summed E-state index contributed by atoms with van der Waals surface area (Å²) in [5.41, 5.74) is -0.216. The number of hydrogen-bond acceptors (Lipinski definition) is 5. The standard InChI is InChI=1S/C24H27NO5/c1-3-29-22(27)24(23(28)30-4-2)19(17-11-7-5-8-12-17)15-21(26)25-16-20(24)18-13-9-6-10-14-18/h5-14,19-20H,3-4,15-16H2,1-2H3,(H,25,26). The van der Waals surface area contributed by atoms with Gasteiger partial charge in [-0.1, -0.05) is 60.7 Å². The van der Waals surface area contributed by atoms with Gasteiger partial charge in [0.05, 0.1) is 13.2 Å². The predicted octanol–water partition coefficient (Wildman–Crippen LogP) is 3.19. The summed E-state index contributed by atoms with van der Waals surface area (Å²) in [5, 5.41) is 2.89. The highest BCUT2D eigenvalue weighted by molar-refractivity contribution is 6.03. The Hall–Kier alpha value is -3.15. The van der Waals surface area contributed by atoms with Gasteiger partial charge in [-0.3, -0.25) is 14.4 Å². The molecule has 2 unspecified atom stereocenters. The molecule has 30 heavy (non-hydrogen) atoms. The third-order valence-corrected chi connectivity index (χ3v) is 5.62. The minimum atomic E-state index is -1.70. The van der Waals surface area contributed by atoms with E-state index in [1.54, 1.807) is 13.8 Å². The smallest absolute Gasteiger partial charge is 0.324 e. The van der Waals surface area contributed by atoms with Gasteiger partial charge >= 0.3 is 11.9 Å². The minimum absolute atomic E-state index is 0.0228. The highest BCUT2D eigenvalue weighted by Gasteiger charge is 2.62. The predicted molar refractivity (Wildman–Crippen MR) is 112 cm³/mol. The summed E-state index contributed by atoms with van der Waals surface area (Å²) in [4.78, 5) is 39.9. The largest absolute Gasteiger partial charge is 0.465 e. The molecule has 2 aromatic carbocycles. The Bertz CT molecular complexity index is 863. The zero-order chi connectivity index (χ0) is 21.6. The number of esters is 2. The number of carbonyl (C=O) groups excluding carboxylic acids is 3. The van der Waals surface area contributed by atoms with E-state index in [9.17, 15) is 14.4 Å². The molecule has 1 heterocycles. The molecule has 0 aliphatic carbocycles. The van der Waals surface area contributed by atoms with Crippen LogP contribution in [0.3, 0.4) is 0 Å². The molecule has 0 saturated carbocycles. The number of nitrogens with one attached hydrogen (secondary N) is 1. The molecule has 1 fully saturated rings. The van der Waals surface area contributed by atoms with Crippen molar-refractivity contribution in [2.45, 2.75) is 32.1 Å². The topological polar surface area (TPSA) is 81.7 Å². The van der Waals surface area contributed by atoms with Crippen LogP contribution in [0.4, 0.5) is 0 Å². The van der Waals surface area contributed by atoms with Crippen LogP contribution in [-0.4, -0.2) is 37.6 Å². The molecule has 1 aliphatic heterocycles. The van der Waals surface area contributed by atoms with E-state index in [4.69, 9.17) is 9.47 Å². The number of ether oxygens (including phenoxy) is 2. The maximum atomic E-state index is 13.6. The van der Waals surface area contributed by atoms with Gasteiger partial charge < -0.3 is 14.8 Å². The maximum absolute atomic E-state index is 13.6. The lowest BCUT2D eigenvalue weighted by atomic mass is 9.61. The van der Waals surface area contributed by atoms with Gasteiger partial charge in [-0.25, -0.2) is 0 Å². The van der Waals surface area contributed by atoms with Crippen molar-refractivity contribution in [3.63, 3.8) is 0 Å². The molecular formula is C24H27NO5. The number of carbonyl (C=O) groups is 3. The van der Waals surface area contributed by atoms with Crippen LogP contribution >= 0.6 is 0 Å². The lowest BCUT2D eigenvalue weighted by Gasteiger charge is -2.40. The van der Waals surface area contributed by atoms with Gasteiger partial charge in [0.15, 0.2) is 5.41 Å². The van der Waals surface area contributed by atoms with Crippen LogP contribution < -0.4 is 5.32 Å². The van der Waals surface area contributed by atoms with E-state index in [1.807, 2.05) is 60.7 Å². The number of rotatable bonds is 6. The number of benzene rings is 2. The van der Waals surface area contributed by atoms with Gasteiger partial charge in [-0.15, -0.1) is 0 Å². The Morgan fingerprint density at radius 2 is 1.33 bits per heavy atom. The Balaban J connectivity index is 2.31. The van der Waals surface area contributed by atoms with E-state index < -0.39 is 29.2 Å². The van der Waals surface area contributed by atoms with Gasteiger partial charge in [0.2, 0.25) is 5.91 Å². The summed E-state index contributed by atoms with van der Waals surface area (Å²) in [6, 6.07) is 18.5. The number of hydrogen-bond donors (Lipinski definition) is 1. The summed E-state index contributed by atoms with van der Waals surface area (Å²) in [5.74, 6) is -2.93. The Morgan fingerprint density at radius 1 is 0.867 bits per heavy atom. The molecule has 3 rings (SSSR count). The molecule has 6 nitrogen and oxygen atoms in total. The van der Waals surface area contributed by atoms with Gasteiger partial charge in [0, 0.05) is 24.8 Å². The summed E-state index contributed by atoms with van der Waals surface area (Å²) in [6.07, 6.45) is -0.0228. The molecule has 1 saturated heterocycles. The molecule has 1 aliphatic rings. The highest BCUT2D eigenvalue weighted by atomic mass is 16.6. The third-order valence-electron chi connectivity index (χ3n) is 5.62. The third kappa shape index (κ3) is 3.95. The van der Waals surface area contributed by atoms with Crippen molar-refractivity contribution in [2.75, 3.05) is 19.8 Å². The molecule has 6 heteroatoms. The van der Waals surface area contributed by atoms with Gasteiger partial charge in [0.25, 0.3) is 0 Å². The second kappa shape index (κ2) is 9.57. The van der Waals surface area contributed by atoms with Crippen molar-refractivity contribution in [1.82, 2.24) is 5.32 Å². The van der Waals surface area contributed by atoms with Gasteiger partial charge in [-0.2, -0.15) is 0 Å². The van der Waals surface area contributed by atoms with Crippen molar-refractivity contribution in [2.24, 2.45) is 5.41 Å². The Morgan fingerprint density at radius 3 is 1.80 bits per heavy atom. The molecule has 2 aromatic rings. The first-order chi connectivity index (χ1) is 14.6. The average Bonchev–Trinajstić information content (AvgIpc) is 2.92. The Kier molecular flexibility index (Phi) is 6.87. The van der Waals surface area contributed by atoms with E-state index in [-0.39, 0.29) is 32.1 Å². The van der Waals surface area contributed by atoms with E-state index in [0.717, 1.165) is 11.1 Å². The summed E-state index contributed by atoms with van der Waals surface area (Å²) < 4.78 is 10.9. The normalized spacial score (nSPS) is 20.5. The molecule has 1 amide bonds. The zero-order valence-corrected chi connectivity index (χ0v) is 17.3. The van der Waals surface area contributed by atoms with Crippen LogP contribution in [0.25, 0.3) is 0 Å². The molecular weight excluding hydrogens is 382 g/mol. The fourth-order valence-corrected chi connectivity index (χ4v) is 4.32. The summed E-state index contributed by atoms with van der Waals surface area (Å²) in [6.45, 7) is 3.76. The summed E-state index contributed by atoms with van der Waals surface area (Å²) in [7, 11) is 0. The van der Waals surface area contributed by atoms with E-state index in [0.29, 0.717) is 0 Å². The van der Waals surface area contributed by atoms with E-state index >= 15 is 0 Å². The molecule has 1 N–H and O–H groups in total. The molecule has 0 radical (unpaired) electrons. The van der Waals surface area contributed by atoms with Crippen LogP contribution in [0, 0.1) is 5.41 Å². The second-order valence-electron chi connectivity index (χ2n) is 7.24. The van der Waals surface area contributed by atoms with Gasteiger partial charge in [-0.05, 0) is 25.0 Å². The van der Waals surface area contributed by atoms with Crippen LogP contribution in [0.5, 0.6) is 0 Å². The minimum Gasteiger partial charge on any atom is -0.465 e. The van der Waals surface area contributed by atoms with Crippen molar-refractivity contribution in [3.05, 3.63) is 71.8 Å². The van der Waals surface area contributed by atoms with Crippen LogP contribution in [0.2, 0.25) is 0 Å². The van der Waals surface area contributed by atoms with Crippen LogP contribution in [-0.2, 0) is 23.9 Å². The first kappa shape index (κ1) is 21.6. The molecule has 0 aromatic heterocycles. The Labute approximate surface area is 176 Å². The molecule has 0 spiro atoms. The lowest BCUT2D eigenvalue weighted by Crippen LogP contribution is -2.51. The first-order valence-corrected chi connectivity index (χ1v) is 10.3. The van der Waals surface area contributed by atoms with Crippen molar-refractivity contribution < 1.29 is 23.9 Å². The maximum Gasteiger partial charge on any atom is 0.324 e. The van der Waals surface area contributed by atoms with Crippen LogP contribution in [0.15, 0.2) is 60.7 Å². The zero-order valence-electron chi connectivity index (χ0n) is 17.3. The van der Waals surface area contributed by atoms with Crippen molar-refractivity contribution in [3.8, 4) is 0 Å². The first-order valence-electron chi connectivity index (χ1n) is 10.3. The summed E-state index contributed by atoms with van der Waals surface area (Å²) >= 11 is 0. The lowest BCUT2D eigenvalue weighted by molar-refractivity contribution is -0.176. The van der Waals surface area contributed by atoms with Crippen LogP contribution in [0.1, 0.15) is 43.2 Å². The van der Waals surface area contributed by atoms with Gasteiger partial charge in [0.1, 0.15) is 0 Å². The second-order valence-corrected chi connectivity index (χ2v) is 7.24. The fraction of sp³-hybridized carbons (Fsp3) is 0.375.